The molecule has 1 heterocycles. The van der Waals surface area contributed by atoms with Gasteiger partial charge in [0.25, 0.3) is 0 Å². The Labute approximate surface area is 278 Å². The molecule has 2 rings (SSSR count). The van der Waals surface area contributed by atoms with E-state index < -0.39 is 24.8 Å². The molecule has 1 aromatic carbocycles. The van der Waals surface area contributed by atoms with Crippen LogP contribution in [0.5, 0.6) is 11.5 Å². The molecule has 0 atom stereocenters. The van der Waals surface area contributed by atoms with Crippen LogP contribution in [0.4, 0.5) is 0 Å². The molecule has 11 nitrogen and oxygen atoms in total. The normalized spacial score (nSPS) is 11.7. The SMILES string of the molecule is CCC[N+](CCC)(CCC)CCC.Cc1c(OCCCCS(=O)(=O)c2ccncc2)ccc(C(=O)CC(C)C)c1O.[O]=[Ru](=[O])(=[O])[O-]. The maximum absolute atomic E-state index is 12.2. The number of carbonyl (C=O) groups excluding carboxylic acids is 1. The van der Waals surface area contributed by atoms with Crippen molar-refractivity contribution in [2.75, 3.05) is 38.5 Å². The van der Waals surface area contributed by atoms with Crippen molar-refractivity contribution in [2.45, 2.75) is 98.3 Å². The van der Waals surface area contributed by atoms with Crippen molar-refractivity contribution in [3.8, 4) is 11.5 Å². The summed E-state index contributed by atoms with van der Waals surface area (Å²) >= 11 is -5.86. The molecule has 0 saturated carbocycles. The van der Waals surface area contributed by atoms with Crippen molar-refractivity contribution in [3.05, 3.63) is 47.8 Å². The van der Waals surface area contributed by atoms with Crippen LogP contribution in [0.1, 0.15) is 102 Å². The third-order valence-corrected chi connectivity index (χ3v) is 8.96. The number of phenols is 1. The molecule has 1 aromatic heterocycles. The number of sulfone groups is 1. The summed E-state index contributed by atoms with van der Waals surface area (Å²) in [6.45, 7) is 20.7. The first-order valence-electron chi connectivity index (χ1n) is 16.0. The number of phenolic OH excluding ortho intramolecular Hbond substituents is 1. The summed E-state index contributed by atoms with van der Waals surface area (Å²) in [7, 11) is -3.32. The predicted octanol–water partition coefficient (Wildman–Crippen LogP) is 5.85. The summed E-state index contributed by atoms with van der Waals surface area (Å²) in [5.74, 6) is 0.599. The molecule has 0 saturated heterocycles. The first-order chi connectivity index (χ1) is 21.5. The Balaban J connectivity index is 0.000000933. The summed E-state index contributed by atoms with van der Waals surface area (Å²) in [6, 6.07) is 6.23. The van der Waals surface area contributed by atoms with Crippen LogP contribution >= 0.6 is 0 Å². The van der Waals surface area contributed by atoms with Gasteiger partial charge in [0.15, 0.2) is 15.6 Å². The zero-order valence-electron chi connectivity index (χ0n) is 28.6. The number of pyridine rings is 1. The van der Waals surface area contributed by atoms with Crippen molar-refractivity contribution in [1.82, 2.24) is 4.98 Å². The topological polar surface area (TPSA) is 168 Å². The fourth-order valence-corrected chi connectivity index (χ4v) is 6.71. The summed E-state index contributed by atoms with van der Waals surface area (Å²) in [5.41, 5.74) is 0.820. The van der Waals surface area contributed by atoms with Gasteiger partial charge in [-0.1, -0.05) is 41.5 Å². The minimum atomic E-state index is -5.86. The van der Waals surface area contributed by atoms with Gasteiger partial charge in [-0.15, -0.1) is 0 Å². The molecular weight excluding hydrogens is 702 g/mol. The maximum atomic E-state index is 12.2. The average molecular weight is 757 g/mol. The molecule has 0 spiro atoms. The van der Waals surface area contributed by atoms with Gasteiger partial charge in [0, 0.05) is 24.4 Å². The van der Waals surface area contributed by atoms with Gasteiger partial charge in [-0.3, -0.25) is 9.78 Å². The first kappa shape index (κ1) is 43.5. The van der Waals surface area contributed by atoms with Crippen LogP contribution in [0.15, 0.2) is 41.6 Å². The number of rotatable bonds is 18. The van der Waals surface area contributed by atoms with Crippen LogP contribution in [0.2, 0.25) is 0 Å². The van der Waals surface area contributed by atoms with E-state index in [4.69, 9.17) is 19.4 Å². The van der Waals surface area contributed by atoms with Gasteiger partial charge < -0.3 is 14.3 Å². The number of ether oxygens (including phenoxy) is 1. The number of quaternary nitrogens is 1. The summed E-state index contributed by atoms with van der Waals surface area (Å²) < 4.78 is 65.9. The summed E-state index contributed by atoms with van der Waals surface area (Å²) in [4.78, 5) is 16.3. The number of benzene rings is 1. The molecule has 0 unspecified atom stereocenters. The molecule has 13 heteroatoms. The molecular formula is C33H55N2O9RuS. The van der Waals surface area contributed by atoms with E-state index in [0.717, 1.165) is 0 Å². The van der Waals surface area contributed by atoms with Crippen LogP contribution in [0, 0.1) is 12.8 Å². The Hall–Kier alpha value is -2.47. The standard InChI is InChI=1S/C21H27NO5S.C12H28N.4O.Ru/c1-15(2)14-19(23)18-6-7-20(16(3)21(18)24)27-12-4-5-13-28(25,26)17-8-10-22-11-9-17;1-5-9-13(10-6-2,11-7-3)12-8-4;;;;;/h6-11,15,24H,4-5,12-14H2,1-3H3;5-12H2,1-4H3;;;;;/q;+1;;;;-1;. The molecule has 265 valence electrons. The second-order valence-corrected chi connectivity index (χ2v) is 15.6. The Morgan fingerprint density at radius 1 is 0.913 bits per heavy atom. The van der Waals surface area contributed by atoms with Crippen molar-refractivity contribution < 1.29 is 57.2 Å². The second-order valence-electron chi connectivity index (χ2n) is 11.8. The van der Waals surface area contributed by atoms with Crippen molar-refractivity contribution >= 4 is 15.6 Å². The van der Waals surface area contributed by atoms with Gasteiger partial charge in [0.2, 0.25) is 0 Å². The molecule has 0 aliphatic rings. The number of ketones is 1. The number of hydrogen-bond donors (Lipinski definition) is 1. The minimum absolute atomic E-state index is 0.0350. The quantitative estimate of drug-likeness (QED) is 0.0843. The second kappa shape index (κ2) is 22.2. The van der Waals surface area contributed by atoms with E-state index in [-0.39, 0.29) is 28.1 Å². The van der Waals surface area contributed by atoms with E-state index in [1.54, 1.807) is 19.1 Å². The van der Waals surface area contributed by atoms with Crippen molar-refractivity contribution in [2.24, 2.45) is 5.92 Å². The van der Waals surface area contributed by atoms with Crippen LogP contribution in [0.3, 0.4) is 0 Å². The van der Waals surface area contributed by atoms with E-state index in [0.29, 0.717) is 42.7 Å². The number of aromatic nitrogens is 1. The van der Waals surface area contributed by atoms with Gasteiger partial charge in [-0.05, 0) is 75.6 Å². The van der Waals surface area contributed by atoms with E-state index in [1.807, 2.05) is 13.8 Å². The molecule has 0 aliphatic heterocycles. The van der Waals surface area contributed by atoms with Gasteiger partial charge in [0.05, 0.1) is 49.0 Å². The fraction of sp³-hybridized carbons (Fsp3) is 0.636. The molecule has 0 bridgehead atoms. The predicted molar refractivity (Wildman–Crippen MR) is 171 cm³/mol. The Bertz CT molecular complexity index is 1400. The number of nitrogens with zero attached hydrogens (tertiary/aromatic N) is 2. The van der Waals surface area contributed by atoms with Gasteiger partial charge in [-0.25, -0.2) is 8.42 Å². The van der Waals surface area contributed by atoms with Crippen LogP contribution < -0.4 is 8.67 Å². The number of unbranched alkanes of at least 4 members (excludes halogenated alkanes) is 1. The van der Waals surface area contributed by atoms with Crippen molar-refractivity contribution in [1.29, 1.82) is 0 Å². The number of aromatic hydroxyl groups is 1. The van der Waals surface area contributed by atoms with Gasteiger partial charge in [-0.2, -0.15) is 0 Å². The average Bonchev–Trinajstić information content (AvgIpc) is 2.95. The first-order valence-corrected chi connectivity index (χ1v) is 20.5. The fourth-order valence-electron chi connectivity index (χ4n) is 5.35. The van der Waals surface area contributed by atoms with Crippen LogP contribution in [-0.4, -0.2) is 67.3 Å². The third-order valence-electron chi connectivity index (χ3n) is 7.14. The Morgan fingerprint density at radius 3 is 1.83 bits per heavy atom. The van der Waals surface area contributed by atoms with E-state index >= 15 is 0 Å². The molecule has 1 N–H and O–H groups in total. The number of carbonyl (C=O) groups is 1. The van der Waals surface area contributed by atoms with E-state index in [9.17, 15) is 18.3 Å². The zero-order chi connectivity index (χ0) is 35.4. The van der Waals surface area contributed by atoms with Crippen molar-refractivity contribution in [3.63, 3.8) is 0 Å². The summed E-state index contributed by atoms with van der Waals surface area (Å²) in [6.07, 6.45) is 9.64. The van der Waals surface area contributed by atoms with Gasteiger partial charge in [0.1, 0.15) is 11.5 Å². The Morgan fingerprint density at radius 2 is 1.39 bits per heavy atom. The monoisotopic (exact) mass is 757 g/mol. The molecule has 2 aromatic rings. The van der Waals surface area contributed by atoms with Crippen LogP contribution in [-0.2, 0) is 35.5 Å². The molecule has 0 amide bonds. The molecule has 0 radical (unpaired) electrons. The Kier molecular flexibility index (Phi) is 21.0. The number of Topliss-reactive ketones (excluding diaryl/α,β-unsaturated/α-hetero) is 1. The molecule has 0 fully saturated rings. The zero-order valence-corrected chi connectivity index (χ0v) is 31.2. The van der Waals surface area contributed by atoms with E-state index in [1.165, 1.54) is 80.9 Å². The van der Waals surface area contributed by atoms with E-state index in [2.05, 4.69) is 32.7 Å². The molecule has 46 heavy (non-hydrogen) atoms. The molecule has 0 aliphatic carbocycles. The number of hydrogen-bond acceptors (Lipinski definition) is 10. The third kappa shape index (κ3) is 18.0. The summed E-state index contributed by atoms with van der Waals surface area (Å²) in [5, 5.41) is 10.3. The van der Waals surface area contributed by atoms with Crippen LogP contribution in [0.25, 0.3) is 0 Å². The van der Waals surface area contributed by atoms with Gasteiger partial charge >= 0.3 is 29.6 Å².